The van der Waals surface area contributed by atoms with Gasteiger partial charge in [-0.1, -0.05) is 6.92 Å². The number of rotatable bonds is 5. The number of hydrogen-bond donors (Lipinski definition) is 1. The summed E-state index contributed by atoms with van der Waals surface area (Å²) in [6.07, 6.45) is 2.63. The molecular formula is C20H22FN5OS. The van der Waals surface area contributed by atoms with Crippen molar-refractivity contribution in [2.45, 2.75) is 13.3 Å². The highest BCUT2D eigenvalue weighted by Gasteiger charge is 2.22. The van der Waals surface area contributed by atoms with Crippen molar-refractivity contribution < 1.29 is 9.18 Å². The number of halogens is 1. The minimum Gasteiger partial charge on any atom is -0.353 e. The molecule has 146 valence electrons. The van der Waals surface area contributed by atoms with Crippen molar-refractivity contribution in [1.29, 1.82) is 0 Å². The van der Waals surface area contributed by atoms with Crippen molar-refractivity contribution >= 4 is 39.0 Å². The Kier molecular flexibility index (Phi) is 5.50. The number of thiophene rings is 1. The van der Waals surface area contributed by atoms with E-state index in [2.05, 4.69) is 38.1 Å². The molecule has 4 rings (SSSR count). The van der Waals surface area contributed by atoms with Gasteiger partial charge in [0.05, 0.1) is 11.9 Å². The number of benzene rings is 1. The summed E-state index contributed by atoms with van der Waals surface area (Å²) in [6, 6.07) is 8.00. The van der Waals surface area contributed by atoms with E-state index < -0.39 is 0 Å². The number of nitrogens with one attached hydrogen (secondary N) is 1. The number of anilines is 2. The first-order chi connectivity index (χ1) is 13.6. The number of amides is 1. The zero-order valence-electron chi connectivity index (χ0n) is 15.7. The minimum atomic E-state index is -0.315. The first-order valence-corrected chi connectivity index (χ1v) is 10.2. The normalized spacial score (nSPS) is 15.1. The molecule has 2 aromatic heterocycles. The molecular weight excluding hydrogens is 377 g/mol. The molecule has 28 heavy (non-hydrogen) atoms. The third kappa shape index (κ3) is 4.13. The molecule has 6 nitrogen and oxygen atoms in total. The Bertz CT molecular complexity index is 966. The molecule has 3 aromatic rings. The molecule has 1 aromatic carbocycles. The van der Waals surface area contributed by atoms with Crippen LogP contribution in [0.4, 0.5) is 15.9 Å². The zero-order chi connectivity index (χ0) is 19.5. The van der Waals surface area contributed by atoms with Gasteiger partial charge in [0.25, 0.3) is 0 Å². The van der Waals surface area contributed by atoms with Crippen LogP contribution in [0.3, 0.4) is 0 Å². The van der Waals surface area contributed by atoms with E-state index in [1.807, 2.05) is 0 Å². The third-order valence-corrected chi connectivity index (χ3v) is 6.06. The van der Waals surface area contributed by atoms with Gasteiger partial charge in [0.15, 0.2) is 0 Å². The maximum absolute atomic E-state index is 13.0. The van der Waals surface area contributed by atoms with Gasteiger partial charge in [-0.05, 0) is 36.8 Å². The summed E-state index contributed by atoms with van der Waals surface area (Å²) in [5.74, 6) is 0.580. The summed E-state index contributed by atoms with van der Waals surface area (Å²) in [7, 11) is 0. The molecule has 1 saturated heterocycles. The summed E-state index contributed by atoms with van der Waals surface area (Å²) < 4.78 is 13.0. The van der Waals surface area contributed by atoms with E-state index in [4.69, 9.17) is 0 Å². The number of aromatic nitrogens is 2. The molecule has 1 aliphatic rings. The number of nitrogens with zero attached hydrogens (tertiary/aromatic N) is 4. The molecule has 8 heteroatoms. The molecule has 0 atom stereocenters. The summed E-state index contributed by atoms with van der Waals surface area (Å²) in [4.78, 5) is 27.9. The number of hydrogen-bond acceptors (Lipinski definition) is 6. The largest absolute Gasteiger partial charge is 0.353 e. The maximum Gasteiger partial charge on any atom is 0.238 e. The van der Waals surface area contributed by atoms with Gasteiger partial charge in [-0.3, -0.25) is 9.69 Å². The van der Waals surface area contributed by atoms with Crippen molar-refractivity contribution in [3.8, 4) is 0 Å². The quantitative estimate of drug-likeness (QED) is 0.714. The maximum atomic E-state index is 13.0. The van der Waals surface area contributed by atoms with Gasteiger partial charge >= 0.3 is 0 Å². The van der Waals surface area contributed by atoms with Crippen LogP contribution in [-0.4, -0.2) is 53.5 Å². The average molecular weight is 399 g/mol. The van der Waals surface area contributed by atoms with Crippen LogP contribution >= 0.6 is 11.3 Å². The number of piperazine rings is 1. The highest BCUT2D eigenvalue weighted by molar-refractivity contribution is 7.18. The van der Waals surface area contributed by atoms with Crippen molar-refractivity contribution in [2.75, 3.05) is 42.9 Å². The standard InChI is InChI=1S/C20H22FN5OS/c1-2-16-11-17-19(22-13-23-20(17)28-16)26-9-7-25(8-10-26)12-18(27)24-15-5-3-14(21)4-6-15/h3-6,11,13H,2,7-10,12H2,1H3,(H,24,27). The lowest BCUT2D eigenvalue weighted by Crippen LogP contribution is -2.49. The molecule has 0 spiro atoms. The second-order valence-electron chi connectivity index (χ2n) is 6.80. The molecule has 1 aliphatic heterocycles. The summed E-state index contributed by atoms with van der Waals surface area (Å²) in [6.45, 7) is 5.66. The van der Waals surface area contributed by atoms with Crippen LogP contribution in [0, 0.1) is 5.82 Å². The number of fused-ring (bicyclic) bond motifs is 1. The van der Waals surface area contributed by atoms with E-state index in [0.717, 1.165) is 48.6 Å². The Morgan fingerprint density at radius 2 is 1.93 bits per heavy atom. The van der Waals surface area contributed by atoms with Crippen molar-refractivity contribution in [2.24, 2.45) is 0 Å². The fourth-order valence-corrected chi connectivity index (χ4v) is 4.30. The second-order valence-corrected chi connectivity index (χ2v) is 7.92. The van der Waals surface area contributed by atoms with Crippen LogP contribution in [-0.2, 0) is 11.2 Å². The van der Waals surface area contributed by atoms with Crippen molar-refractivity contribution in [3.05, 3.63) is 47.4 Å². The molecule has 0 radical (unpaired) electrons. The van der Waals surface area contributed by atoms with Gasteiger partial charge < -0.3 is 10.2 Å². The second kappa shape index (κ2) is 8.20. The number of carbonyl (C=O) groups excluding carboxylic acids is 1. The predicted molar refractivity (Wildman–Crippen MR) is 110 cm³/mol. The Hall–Kier alpha value is -2.58. The van der Waals surface area contributed by atoms with E-state index in [-0.39, 0.29) is 11.7 Å². The highest BCUT2D eigenvalue weighted by atomic mass is 32.1. The lowest BCUT2D eigenvalue weighted by Gasteiger charge is -2.35. The van der Waals surface area contributed by atoms with Crippen LogP contribution in [0.1, 0.15) is 11.8 Å². The predicted octanol–water partition coefficient (Wildman–Crippen LogP) is 3.15. The van der Waals surface area contributed by atoms with Gasteiger partial charge in [-0.25, -0.2) is 14.4 Å². The fourth-order valence-electron chi connectivity index (χ4n) is 3.37. The van der Waals surface area contributed by atoms with Crippen LogP contribution in [0.15, 0.2) is 36.7 Å². The van der Waals surface area contributed by atoms with Crippen molar-refractivity contribution in [3.63, 3.8) is 0 Å². The Morgan fingerprint density at radius 1 is 1.18 bits per heavy atom. The monoisotopic (exact) mass is 399 g/mol. The van der Waals surface area contributed by atoms with E-state index >= 15 is 0 Å². The summed E-state index contributed by atoms with van der Waals surface area (Å²) in [5.41, 5.74) is 0.609. The lowest BCUT2D eigenvalue weighted by atomic mass is 10.2. The first kappa shape index (κ1) is 18.8. The van der Waals surface area contributed by atoms with Crippen LogP contribution in [0.25, 0.3) is 10.2 Å². The van der Waals surface area contributed by atoms with Crippen LogP contribution in [0.2, 0.25) is 0 Å². The van der Waals surface area contributed by atoms with Crippen LogP contribution in [0.5, 0.6) is 0 Å². The minimum absolute atomic E-state index is 0.0880. The Balaban J connectivity index is 1.35. The number of carbonyl (C=O) groups is 1. The molecule has 1 amide bonds. The van der Waals surface area contributed by atoms with Gasteiger partial charge in [-0.15, -0.1) is 11.3 Å². The molecule has 1 fully saturated rings. The van der Waals surface area contributed by atoms with E-state index in [9.17, 15) is 9.18 Å². The lowest BCUT2D eigenvalue weighted by molar-refractivity contribution is -0.117. The molecule has 3 heterocycles. The van der Waals surface area contributed by atoms with Crippen molar-refractivity contribution in [1.82, 2.24) is 14.9 Å². The smallest absolute Gasteiger partial charge is 0.238 e. The van der Waals surface area contributed by atoms with Crippen LogP contribution < -0.4 is 10.2 Å². The molecule has 0 unspecified atom stereocenters. The van der Waals surface area contributed by atoms with E-state index in [0.29, 0.717) is 12.2 Å². The zero-order valence-corrected chi connectivity index (χ0v) is 16.5. The third-order valence-electron chi connectivity index (χ3n) is 4.87. The Labute approximate surface area is 167 Å². The molecule has 0 aliphatic carbocycles. The van der Waals surface area contributed by atoms with Gasteiger partial charge in [0.2, 0.25) is 5.91 Å². The van der Waals surface area contributed by atoms with E-state index in [1.165, 1.54) is 17.0 Å². The number of aryl methyl sites for hydroxylation is 1. The van der Waals surface area contributed by atoms with E-state index in [1.54, 1.807) is 29.8 Å². The SMILES string of the molecule is CCc1cc2c(N3CCN(CC(=O)Nc4ccc(F)cc4)CC3)ncnc2s1. The van der Waals surface area contributed by atoms with Gasteiger partial charge in [0.1, 0.15) is 22.8 Å². The molecule has 1 N–H and O–H groups in total. The molecule has 0 saturated carbocycles. The Morgan fingerprint density at radius 3 is 2.64 bits per heavy atom. The summed E-state index contributed by atoms with van der Waals surface area (Å²) in [5, 5.41) is 3.93. The fraction of sp³-hybridized carbons (Fsp3) is 0.350. The first-order valence-electron chi connectivity index (χ1n) is 9.38. The van der Waals surface area contributed by atoms with Gasteiger partial charge in [-0.2, -0.15) is 0 Å². The van der Waals surface area contributed by atoms with Gasteiger partial charge in [0, 0.05) is 36.7 Å². The topological polar surface area (TPSA) is 61.4 Å². The highest BCUT2D eigenvalue weighted by Crippen LogP contribution is 2.30. The summed E-state index contributed by atoms with van der Waals surface area (Å²) >= 11 is 1.72. The average Bonchev–Trinajstić information content (AvgIpc) is 3.14. The molecule has 0 bridgehead atoms.